The van der Waals surface area contributed by atoms with Crippen molar-refractivity contribution in [3.05, 3.63) is 24.0 Å². The van der Waals surface area contributed by atoms with Gasteiger partial charge in [0.1, 0.15) is 11.8 Å². The van der Waals surface area contributed by atoms with Crippen LogP contribution in [0.4, 0.5) is 0 Å². The van der Waals surface area contributed by atoms with Gasteiger partial charge in [-0.15, -0.1) is 0 Å². The molecule has 0 fully saturated rings. The van der Waals surface area contributed by atoms with Gasteiger partial charge in [-0.1, -0.05) is 13.8 Å². The molecule has 0 aliphatic heterocycles. The minimum Gasteiger partial charge on any atom is -0.495 e. The lowest BCUT2D eigenvalue weighted by Gasteiger charge is -2.17. The number of pyridine rings is 1. The summed E-state index contributed by atoms with van der Waals surface area (Å²) < 4.78 is 4.96. The molecule has 6 heteroatoms. The number of carboxylic acids is 1. The average molecular weight is 266 g/mol. The first-order chi connectivity index (χ1) is 8.93. The molecule has 0 spiro atoms. The van der Waals surface area contributed by atoms with Crippen LogP contribution in [0.25, 0.3) is 0 Å². The molecule has 0 bridgehead atoms. The quantitative estimate of drug-likeness (QED) is 0.797. The van der Waals surface area contributed by atoms with Crippen molar-refractivity contribution in [3.63, 3.8) is 0 Å². The Hall–Kier alpha value is -2.11. The minimum absolute atomic E-state index is 0.0422. The van der Waals surface area contributed by atoms with E-state index in [0.717, 1.165) is 0 Å². The second kappa shape index (κ2) is 6.72. The molecule has 1 aromatic heterocycles. The first-order valence-electron chi connectivity index (χ1n) is 5.95. The van der Waals surface area contributed by atoms with Crippen LogP contribution < -0.4 is 10.1 Å². The highest BCUT2D eigenvalue weighted by molar-refractivity contribution is 5.84. The molecule has 104 valence electrons. The zero-order valence-corrected chi connectivity index (χ0v) is 11.2. The Balaban J connectivity index is 2.61. The number of nitrogens with one attached hydrogen (secondary N) is 1. The van der Waals surface area contributed by atoms with Crippen molar-refractivity contribution in [2.24, 2.45) is 5.92 Å². The van der Waals surface area contributed by atoms with Gasteiger partial charge in [0, 0.05) is 5.69 Å². The van der Waals surface area contributed by atoms with Gasteiger partial charge in [0.05, 0.1) is 19.7 Å². The highest BCUT2D eigenvalue weighted by atomic mass is 16.5. The summed E-state index contributed by atoms with van der Waals surface area (Å²) in [4.78, 5) is 26.8. The van der Waals surface area contributed by atoms with Crippen LogP contribution in [0, 0.1) is 5.92 Å². The van der Waals surface area contributed by atoms with Gasteiger partial charge >= 0.3 is 5.97 Å². The van der Waals surface area contributed by atoms with E-state index in [1.165, 1.54) is 13.3 Å². The molecule has 0 saturated heterocycles. The van der Waals surface area contributed by atoms with Crippen LogP contribution in [0.3, 0.4) is 0 Å². The van der Waals surface area contributed by atoms with E-state index in [9.17, 15) is 9.59 Å². The maximum atomic E-state index is 11.7. The van der Waals surface area contributed by atoms with Gasteiger partial charge in [0.2, 0.25) is 5.91 Å². The summed E-state index contributed by atoms with van der Waals surface area (Å²) in [7, 11) is 1.53. The fourth-order valence-electron chi connectivity index (χ4n) is 1.54. The molecule has 1 aromatic rings. The summed E-state index contributed by atoms with van der Waals surface area (Å²) in [5.41, 5.74) is 0.561. The third-order valence-corrected chi connectivity index (χ3v) is 2.62. The number of nitrogens with zero attached hydrogens (tertiary/aromatic N) is 1. The third kappa shape index (κ3) is 4.57. The number of hydrogen-bond donors (Lipinski definition) is 2. The van der Waals surface area contributed by atoms with Gasteiger partial charge in [0.15, 0.2) is 0 Å². The number of carbonyl (C=O) groups is 2. The van der Waals surface area contributed by atoms with E-state index >= 15 is 0 Å². The molecule has 1 atom stereocenters. The molecule has 0 unspecified atom stereocenters. The Kier molecular flexibility index (Phi) is 5.29. The van der Waals surface area contributed by atoms with Crippen LogP contribution in [0.5, 0.6) is 5.75 Å². The Labute approximate surface area is 111 Å². The lowest BCUT2D eigenvalue weighted by Crippen LogP contribution is -2.44. The van der Waals surface area contributed by atoms with Crippen LogP contribution >= 0.6 is 0 Å². The molecular weight excluding hydrogens is 248 g/mol. The first-order valence-corrected chi connectivity index (χ1v) is 5.95. The number of carboxylic acid groups (broad SMARTS) is 1. The second-order valence-electron chi connectivity index (χ2n) is 4.49. The fraction of sp³-hybridized carbons (Fsp3) is 0.462. The average Bonchev–Trinajstić information content (AvgIpc) is 2.36. The summed E-state index contributed by atoms with van der Waals surface area (Å²) in [6.45, 7) is 3.48. The second-order valence-corrected chi connectivity index (χ2v) is 4.49. The Morgan fingerprint density at radius 1 is 1.42 bits per heavy atom. The molecule has 19 heavy (non-hydrogen) atoms. The van der Waals surface area contributed by atoms with Gasteiger partial charge in [-0.2, -0.15) is 0 Å². The number of amides is 1. The van der Waals surface area contributed by atoms with Crippen molar-refractivity contribution in [3.8, 4) is 5.75 Å². The summed E-state index contributed by atoms with van der Waals surface area (Å²) in [5.74, 6) is -0.968. The van der Waals surface area contributed by atoms with Crippen molar-refractivity contribution >= 4 is 11.9 Å². The van der Waals surface area contributed by atoms with Crippen LogP contribution in [-0.2, 0) is 16.0 Å². The van der Waals surface area contributed by atoms with Crippen molar-refractivity contribution in [2.75, 3.05) is 7.11 Å². The number of ether oxygens (including phenoxy) is 1. The number of methoxy groups -OCH3 is 1. The molecule has 0 radical (unpaired) electrons. The zero-order chi connectivity index (χ0) is 14.4. The summed E-state index contributed by atoms with van der Waals surface area (Å²) in [6, 6.07) is 2.49. The summed E-state index contributed by atoms with van der Waals surface area (Å²) >= 11 is 0. The predicted octanol–water partition coefficient (Wildman–Crippen LogP) is 0.858. The fourth-order valence-corrected chi connectivity index (χ4v) is 1.54. The predicted molar refractivity (Wildman–Crippen MR) is 68.9 cm³/mol. The largest absolute Gasteiger partial charge is 0.495 e. The van der Waals surface area contributed by atoms with Crippen molar-refractivity contribution in [2.45, 2.75) is 26.3 Å². The first kappa shape index (κ1) is 14.9. The van der Waals surface area contributed by atoms with Crippen molar-refractivity contribution < 1.29 is 19.4 Å². The van der Waals surface area contributed by atoms with E-state index in [-0.39, 0.29) is 18.2 Å². The highest BCUT2D eigenvalue weighted by Crippen LogP contribution is 2.08. The number of carbonyl (C=O) groups excluding carboxylic acids is 1. The van der Waals surface area contributed by atoms with Crippen molar-refractivity contribution in [1.29, 1.82) is 0 Å². The van der Waals surface area contributed by atoms with Gasteiger partial charge in [-0.25, -0.2) is 4.79 Å². The minimum atomic E-state index is -1.04. The molecule has 0 saturated carbocycles. The summed E-state index contributed by atoms with van der Waals surface area (Å²) in [6.07, 6.45) is 1.56. The molecule has 0 aliphatic carbocycles. The Morgan fingerprint density at radius 3 is 2.53 bits per heavy atom. The monoisotopic (exact) mass is 266 g/mol. The van der Waals surface area contributed by atoms with Crippen LogP contribution in [0.15, 0.2) is 18.3 Å². The van der Waals surface area contributed by atoms with Gasteiger partial charge in [-0.05, 0) is 18.1 Å². The maximum Gasteiger partial charge on any atom is 0.326 e. The Bertz CT molecular complexity index is 442. The number of aromatic nitrogens is 1. The summed E-state index contributed by atoms with van der Waals surface area (Å²) in [5, 5.41) is 11.5. The molecule has 0 aliphatic rings. The number of hydrogen-bond acceptors (Lipinski definition) is 4. The molecule has 1 rings (SSSR count). The molecular formula is C13H18N2O4. The topological polar surface area (TPSA) is 88.5 Å². The third-order valence-electron chi connectivity index (χ3n) is 2.62. The standard InChI is InChI=1S/C13H18N2O4/c1-8(2)12(13(17)18)15-11(16)6-9-4-5-10(19-3)7-14-9/h4-5,7-8,12H,6H2,1-3H3,(H,15,16)(H,17,18)/t12-/m0/s1. The van der Waals surface area contributed by atoms with E-state index in [1.54, 1.807) is 26.0 Å². The van der Waals surface area contributed by atoms with E-state index < -0.39 is 12.0 Å². The number of aliphatic carboxylic acids is 1. The molecule has 1 amide bonds. The van der Waals surface area contributed by atoms with Gasteiger partial charge in [0.25, 0.3) is 0 Å². The Morgan fingerprint density at radius 2 is 2.11 bits per heavy atom. The lowest BCUT2D eigenvalue weighted by molar-refractivity contribution is -0.143. The highest BCUT2D eigenvalue weighted by Gasteiger charge is 2.23. The van der Waals surface area contributed by atoms with Crippen LogP contribution in [0.2, 0.25) is 0 Å². The maximum absolute atomic E-state index is 11.7. The molecule has 6 nitrogen and oxygen atoms in total. The normalized spacial score (nSPS) is 12.0. The van der Waals surface area contributed by atoms with Crippen LogP contribution in [0.1, 0.15) is 19.5 Å². The van der Waals surface area contributed by atoms with E-state index in [1.807, 2.05) is 0 Å². The van der Waals surface area contributed by atoms with Gasteiger partial charge < -0.3 is 15.2 Å². The lowest BCUT2D eigenvalue weighted by atomic mass is 10.0. The smallest absolute Gasteiger partial charge is 0.326 e. The zero-order valence-electron chi connectivity index (χ0n) is 11.2. The van der Waals surface area contributed by atoms with E-state index in [4.69, 9.17) is 9.84 Å². The number of rotatable bonds is 6. The SMILES string of the molecule is COc1ccc(CC(=O)N[C@H](C(=O)O)C(C)C)nc1. The van der Waals surface area contributed by atoms with E-state index in [2.05, 4.69) is 10.3 Å². The van der Waals surface area contributed by atoms with E-state index in [0.29, 0.717) is 11.4 Å². The molecule has 2 N–H and O–H groups in total. The van der Waals surface area contributed by atoms with Crippen LogP contribution in [-0.4, -0.2) is 35.1 Å². The molecule has 1 heterocycles. The van der Waals surface area contributed by atoms with Gasteiger partial charge in [-0.3, -0.25) is 9.78 Å². The molecule has 0 aromatic carbocycles. The van der Waals surface area contributed by atoms with Crippen molar-refractivity contribution in [1.82, 2.24) is 10.3 Å².